The summed E-state index contributed by atoms with van der Waals surface area (Å²) in [6.45, 7) is 7.06. The van der Waals surface area contributed by atoms with Crippen LogP contribution in [0.15, 0.2) is 0 Å². The lowest BCUT2D eigenvalue weighted by atomic mass is 10.9. The first-order chi connectivity index (χ1) is 4.77. The quantitative estimate of drug-likeness (QED) is 0.635. The van der Waals surface area contributed by atoms with Gasteiger partial charge in [0.15, 0.2) is 0 Å². The Bertz CT molecular complexity index is 203. The zero-order chi connectivity index (χ0) is 9.12. The van der Waals surface area contributed by atoms with Gasteiger partial charge in [0.25, 0.3) is 0 Å². The molecule has 0 aliphatic carbocycles. The largest absolute Gasteiger partial charge is 0.390 e. The van der Waals surface area contributed by atoms with Crippen LogP contribution in [0, 0.1) is 0 Å². The Morgan fingerprint density at radius 3 is 2.00 bits per heavy atom. The minimum atomic E-state index is -3.73. The van der Waals surface area contributed by atoms with Gasteiger partial charge >= 0.3 is 10.4 Å². The Labute approximate surface area is 69.0 Å². The fourth-order valence-corrected chi connectivity index (χ4v) is 3.41. The van der Waals surface area contributed by atoms with E-state index >= 15 is 0 Å². The molecule has 0 saturated carbocycles. The minimum absolute atomic E-state index is 0.118. The summed E-state index contributed by atoms with van der Waals surface area (Å²) in [5, 5.41) is 0. The lowest BCUT2D eigenvalue weighted by molar-refractivity contribution is 0.286. The molecule has 11 heavy (non-hydrogen) atoms. The Morgan fingerprint density at radius 2 is 1.73 bits per heavy atom. The average molecular weight is 198 g/mol. The van der Waals surface area contributed by atoms with Crippen LogP contribution >= 0.6 is 0 Å². The maximum atomic E-state index is 10.8. The van der Waals surface area contributed by atoms with E-state index in [9.17, 15) is 8.42 Å². The molecule has 4 nitrogen and oxygen atoms in total. The lowest BCUT2D eigenvalue weighted by Gasteiger charge is -2.15. The SMILES string of the molecule is CCOS(=O)(=O)O[Si](C)(C)C. The molecule has 0 aromatic heterocycles. The molecular formula is C5H14O4SSi. The third kappa shape index (κ3) is 6.48. The van der Waals surface area contributed by atoms with Gasteiger partial charge < -0.3 is 0 Å². The van der Waals surface area contributed by atoms with Crippen LogP contribution in [-0.2, 0) is 18.5 Å². The van der Waals surface area contributed by atoms with Crippen molar-refractivity contribution in [3.8, 4) is 0 Å². The van der Waals surface area contributed by atoms with Gasteiger partial charge in [-0.3, -0.25) is 3.87 Å². The molecule has 68 valence electrons. The third-order valence-electron chi connectivity index (χ3n) is 0.614. The topological polar surface area (TPSA) is 52.6 Å². The highest BCUT2D eigenvalue weighted by Crippen LogP contribution is 2.08. The summed E-state index contributed by atoms with van der Waals surface area (Å²) in [7, 11) is -5.77. The van der Waals surface area contributed by atoms with E-state index in [1.807, 2.05) is 0 Å². The van der Waals surface area contributed by atoms with Crippen LogP contribution in [0.1, 0.15) is 6.92 Å². The van der Waals surface area contributed by atoms with E-state index in [4.69, 9.17) is 3.87 Å². The third-order valence-corrected chi connectivity index (χ3v) is 3.96. The molecule has 0 aliphatic rings. The minimum Gasteiger partial charge on any atom is -0.294 e. The van der Waals surface area contributed by atoms with Crippen LogP contribution in [-0.4, -0.2) is 23.3 Å². The molecule has 0 saturated heterocycles. The van der Waals surface area contributed by atoms with Gasteiger partial charge in [-0.15, -0.1) is 0 Å². The first-order valence-corrected chi connectivity index (χ1v) is 8.11. The first-order valence-electron chi connectivity index (χ1n) is 3.37. The molecule has 0 N–H and O–H groups in total. The highest BCUT2D eigenvalue weighted by molar-refractivity contribution is 7.83. The predicted octanol–water partition coefficient (Wildman–Crippen LogP) is 1.12. The molecule has 0 aromatic carbocycles. The van der Waals surface area contributed by atoms with Gasteiger partial charge in [-0.2, -0.15) is 8.42 Å². The van der Waals surface area contributed by atoms with Crippen molar-refractivity contribution in [2.45, 2.75) is 26.6 Å². The van der Waals surface area contributed by atoms with Crippen molar-refractivity contribution < 1.29 is 16.5 Å². The van der Waals surface area contributed by atoms with Crippen LogP contribution in [0.5, 0.6) is 0 Å². The summed E-state index contributed by atoms with van der Waals surface area (Å²) >= 11 is 0. The Hall–Kier alpha value is 0.0869. The molecule has 0 amide bonds. The zero-order valence-electron chi connectivity index (χ0n) is 7.25. The number of hydrogen-bond donors (Lipinski definition) is 0. The van der Waals surface area contributed by atoms with E-state index in [-0.39, 0.29) is 6.61 Å². The van der Waals surface area contributed by atoms with E-state index in [2.05, 4.69) is 4.18 Å². The highest BCUT2D eigenvalue weighted by atomic mass is 32.3. The van der Waals surface area contributed by atoms with Gasteiger partial charge in [-0.25, -0.2) is 4.18 Å². The number of hydrogen-bond acceptors (Lipinski definition) is 4. The molecule has 0 heterocycles. The smallest absolute Gasteiger partial charge is 0.294 e. The van der Waals surface area contributed by atoms with Crippen molar-refractivity contribution >= 4 is 18.7 Å². The summed E-state index contributed by atoms with van der Waals surface area (Å²) < 4.78 is 30.8. The second-order valence-electron chi connectivity index (χ2n) is 3.01. The Kier molecular flexibility index (Phi) is 3.69. The van der Waals surface area contributed by atoms with E-state index < -0.39 is 18.7 Å². The van der Waals surface area contributed by atoms with Gasteiger partial charge in [0, 0.05) is 0 Å². The Balaban J connectivity index is 4.15. The van der Waals surface area contributed by atoms with E-state index in [1.54, 1.807) is 26.6 Å². The molecule has 0 bridgehead atoms. The predicted molar refractivity (Wildman–Crippen MR) is 45.0 cm³/mol. The van der Waals surface area contributed by atoms with Crippen LogP contribution in [0.2, 0.25) is 19.6 Å². The molecular weight excluding hydrogens is 184 g/mol. The molecule has 0 radical (unpaired) electrons. The fraction of sp³-hybridized carbons (Fsp3) is 1.00. The standard InChI is InChI=1S/C5H14O4SSi/c1-5-8-10(6,7)9-11(2,3)4/h5H2,1-4H3. The maximum Gasteiger partial charge on any atom is 0.390 e. The normalized spacial score (nSPS) is 13.5. The monoisotopic (exact) mass is 198 g/mol. The molecule has 0 fully saturated rings. The van der Waals surface area contributed by atoms with Crippen molar-refractivity contribution in [1.82, 2.24) is 0 Å². The van der Waals surface area contributed by atoms with Gasteiger partial charge in [-0.05, 0) is 26.6 Å². The van der Waals surface area contributed by atoms with Gasteiger partial charge in [0.1, 0.15) is 0 Å². The molecule has 0 aromatic rings. The number of rotatable bonds is 4. The molecule has 0 rings (SSSR count). The van der Waals surface area contributed by atoms with Crippen molar-refractivity contribution in [2.24, 2.45) is 0 Å². The van der Waals surface area contributed by atoms with Crippen molar-refractivity contribution in [3.05, 3.63) is 0 Å². The summed E-state index contributed by atoms with van der Waals surface area (Å²) in [4.78, 5) is 0. The summed E-state index contributed by atoms with van der Waals surface area (Å²) in [5.41, 5.74) is 0. The zero-order valence-corrected chi connectivity index (χ0v) is 9.06. The summed E-state index contributed by atoms with van der Waals surface area (Å²) in [5.74, 6) is 0. The average Bonchev–Trinajstić information content (AvgIpc) is 1.55. The van der Waals surface area contributed by atoms with Crippen molar-refractivity contribution in [3.63, 3.8) is 0 Å². The van der Waals surface area contributed by atoms with Gasteiger partial charge in [-0.1, -0.05) is 0 Å². The fourth-order valence-electron chi connectivity index (χ4n) is 0.475. The van der Waals surface area contributed by atoms with Crippen LogP contribution < -0.4 is 0 Å². The molecule has 0 spiro atoms. The Morgan fingerprint density at radius 1 is 1.27 bits per heavy atom. The maximum absolute atomic E-state index is 10.8. The van der Waals surface area contributed by atoms with Gasteiger partial charge in [0.2, 0.25) is 8.32 Å². The van der Waals surface area contributed by atoms with E-state index in [0.29, 0.717) is 0 Å². The first kappa shape index (κ1) is 11.1. The highest BCUT2D eigenvalue weighted by Gasteiger charge is 2.24. The molecule has 0 atom stereocenters. The van der Waals surface area contributed by atoms with Crippen molar-refractivity contribution in [2.75, 3.05) is 6.61 Å². The second-order valence-corrected chi connectivity index (χ2v) is 8.95. The summed E-state index contributed by atoms with van der Waals surface area (Å²) in [6, 6.07) is 0. The van der Waals surface area contributed by atoms with Crippen LogP contribution in [0.25, 0.3) is 0 Å². The van der Waals surface area contributed by atoms with E-state index in [1.165, 1.54) is 0 Å². The van der Waals surface area contributed by atoms with E-state index in [0.717, 1.165) is 0 Å². The lowest BCUT2D eigenvalue weighted by Crippen LogP contribution is -2.30. The van der Waals surface area contributed by atoms with Crippen molar-refractivity contribution in [1.29, 1.82) is 0 Å². The van der Waals surface area contributed by atoms with Crippen LogP contribution in [0.4, 0.5) is 0 Å². The summed E-state index contributed by atoms with van der Waals surface area (Å²) in [6.07, 6.45) is 0. The second kappa shape index (κ2) is 3.66. The van der Waals surface area contributed by atoms with Gasteiger partial charge in [0.05, 0.1) is 6.61 Å². The molecule has 0 unspecified atom stereocenters. The van der Waals surface area contributed by atoms with Crippen LogP contribution in [0.3, 0.4) is 0 Å². The molecule has 0 aliphatic heterocycles. The molecule has 6 heteroatoms.